The Morgan fingerprint density at radius 1 is 1.15 bits per heavy atom. The van der Waals surface area contributed by atoms with Crippen molar-refractivity contribution in [2.24, 2.45) is 0 Å². The fraction of sp³-hybridized carbons (Fsp3) is 0.304. The van der Waals surface area contributed by atoms with Crippen LogP contribution in [0.2, 0.25) is 10.3 Å². The average Bonchev–Trinajstić information content (AvgIpc) is 3.21. The second-order valence-corrected chi connectivity index (χ2v) is 8.99. The van der Waals surface area contributed by atoms with Crippen LogP contribution in [0.1, 0.15) is 34.6 Å². The number of rotatable bonds is 5. The van der Waals surface area contributed by atoms with Crippen LogP contribution in [0.4, 0.5) is 11.6 Å². The van der Waals surface area contributed by atoms with Crippen LogP contribution in [0, 0.1) is 6.92 Å². The number of carboxylic acid groups (broad SMARTS) is 1. The van der Waals surface area contributed by atoms with Gasteiger partial charge in [0.25, 0.3) is 0 Å². The van der Waals surface area contributed by atoms with Crippen molar-refractivity contribution in [3.05, 3.63) is 57.6 Å². The summed E-state index contributed by atoms with van der Waals surface area (Å²) in [5.41, 5.74) is 3.63. The molecule has 2 N–H and O–H groups in total. The molecular weight excluding hydrogens is 479 g/mol. The summed E-state index contributed by atoms with van der Waals surface area (Å²) >= 11 is 12.2. The first-order valence-electron chi connectivity index (χ1n) is 10.8. The third-order valence-corrected chi connectivity index (χ3v) is 6.22. The van der Waals surface area contributed by atoms with E-state index in [1.807, 2.05) is 30.4 Å². The summed E-state index contributed by atoms with van der Waals surface area (Å²) in [5.74, 6) is -0.422. The van der Waals surface area contributed by atoms with Gasteiger partial charge in [-0.3, -0.25) is 4.40 Å². The van der Waals surface area contributed by atoms with E-state index in [-0.39, 0.29) is 16.9 Å². The van der Waals surface area contributed by atoms with E-state index in [1.54, 1.807) is 18.3 Å². The minimum Gasteiger partial charge on any atom is -0.476 e. The van der Waals surface area contributed by atoms with E-state index in [1.165, 1.54) is 0 Å². The number of nitrogens with one attached hydrogen (secondary N) is 1. The maximum Gasteiger partial charge on any atom is 0.356 e. The van der Waals surface area contributed by atoms with Crippen LogP contribution < -0.4 is 10.2 Å². The largest absolute Gasteiger partial charge is 0.476 e. The van der Waals surface area contributed by atoms with Gasteiger partial charge in [-0.05, 0) is 37.6 Å². The standard InChI is InChI=1S/C23H22Cl2N6O3/c1-12-9-14(13(2)26-16-3-4-17(24)27-20(16)22(32)33)19-15(10-12)21-28-18(25)11-31(21)23(29-19)30-5-7-34-8-6-30/h3-4,9-11,13,26H,5-8H2,1-2H3,(H,32,33)/t13-/m1/s1. The number of hydrogen-bond donors (Lipinski definition) is 2. The molecule has 0 radical (unpaired) electrons. The molecule has 1 atom stereocenters. The van der Waals surface area contributed by atoms with E-state index in [4.69, 9.17) is 32.9 Å². The Bertz CT molecular complexity index is 1420. The number of aryl methyl sites for hydroxylation is 1. The molecule has 0 amide bonds. The summed E-state index contributed by atoms with van der Waals surface area (Å²) in [6.45, 7) is 6.59. The highest BCUT2D eigenvalue weighted by Crippen LogP contribution is 2.33. The molecule has 34 heavy (non-hydrogen) atoms. The van der Waals surface area contributed by atoms with Crippen LogP contribution in [-0.4, -0.2) is 56.7 Å². The van der Waals surface area contributed by atoms with Gasteiger partial charge >= 0.3 is 5.97 Å². The van der Waals surface area contributed by atoms with Gasteiger partial charge in [-0.1, -0.05) is 29.3 Å². The topological polar surface area (TPSA) is 105 Å². The predicted molar refractivity (Wildman–Crippen MR) is 132 cm³/mol. The number of ether oxygens (including phenoxy) is 1. The molecule has 4 aromatic rings. The van der Waals surface area contributed by atoms with Gasteiger partial charge in [0.2, 0.25) is 5.95 Å². The van der Waals surface area contributed by atoms with E-state index < -0.39 is 5.97 Å². The number of halogens is 2. The lowest BCUT2D eigenvalue weighted by molar-refractivity contribution is 0.0691. The average molecular weight is 501 g/mol. The number of aromatic nitrogens is 4. The van der Waals surface area contributed by atoms with Gasteiger partial charge in [0.1, 0.15) is 10.3 Å². The number of hydrogen-bond acceptors (Lipinski definition) is 7. The summed E-state index contributed by atoms with van der Waals surface area (Å²) in [4.78, 5) is 27.5. The van der Waals surface area contributed by atoms with Crippen molar-refractivity contribution in [2.45, 2.75) is 19.9 Å². The smallest absolute Gasteiger partial charge is 0.356 e. The molecule has 1 fully saturated rings. The number of pyridine rings is 1. The number of morpholine rings is 1. The highest BCUT2D eigenvalue weighted by Gasteiger charge is 2.23. The number of fused-ring (bicyclic) bond motifs is 3. The van der Waals surface area contributed by atoms with Crippen molar-refractivity contribution in [3.63, 3.8) is 0 Å². The molecule has 3 aromatic heterocycles. The summed E-state index contributed by atoms with van der Waals surface area (Å²) in [6, 6.07) is 6.96. The van der Waals surface area contributed by atoms with Crippen molar-refractivity contribution < 1.29 is 14.6 Å². The van der Waals surface area contributed by atoms with Crippen LogP contribution in [-0.2, 0) is 4.74 Å². The van der Waals surface area contributed by atoms with Crippen LogP contribution in [0.5, 0.6) is 0 Å². The Hall–Kier alpha value is -3.14. The maximum atomic E-state index is 11.7. The third kappa shape index (κ3) is 4.11. The van der Waals surface area contributed by atoms with Crippen molar-refractivity contribution in [2.75, 3.05) is 36.5 Å². The second-order valence-electron chi connectivity index (χ2n) is 8.22. The normalized spacial score (nSPS) is 15.1. The van der Waals surface area contributed by atoms with Crippen LogP contribution in [0.25, 0.3) is 16.6 Å². The maximum absolute atomic E-state index is 11.7. The third-order valence-electron chi connectivity index (χ3n) is 5.82. The molecule has 176 valence electrons. The summed E-state index contributed by atoms with van der Waals surface area (Å²) in [5, 5.41) is 14.2. The van der Waals surface area contributed by atoms with Crippen LogP contribution in [0.15, 0.2) is 30.5 Å². The minimum absolute atomic E-state index is 0.118. The first-order chi connectivity index (χ1) is 16.3. The van der Waals surface area contributed by atoms with Gasteiger partial charge < -0.3 is 20.1 Å². The number of carboxylic acids is 1. The van der Waals surface area contributed by atoms with E-state index >= 15 is 0 Å². The van der Waals surface area contributed by atoms with E-state index in [0.29, 0.717) is 42.8 Å². The first-order valence-corrected chi connectivity index (χ1v) is 11.6. The van der Waals surface area contributed by atoms with Gasteiger partial charge in [0, 0.05) is 24.0 Å². The molecule has 0 unspecified atom stereocenters. The Morgan fingerprint density at radius 2 is 1.91 bits per heavy atom. The van der Waals surface area contributed by atoms with E-state index in [2.05, 4.69) is 20.2 Å². The Kier molecular flexibility index (Phi) is 5.93. The first kappa shape index (κ1) is 22.6. The summed E-state index contributed by atoms with van der Waals surface area (Å²) < 4.78 is 7.43. The minimum atomic E-state index is -1.16. The van der Waals surface area contributed by atoms with Gasteiger partial charge in [0.15, 0.2) is 11.3 Å². The van der Waals surface area contributed by atoms with Gasteiger partial charge in [0.05, 0.1) is 36.7 Å². The SMILES string of the molecule is Cc1cc([C@@H](C)Nc2ccc(Cl)nc2C(=O)O)c2nc(N3CCOCC3)n3cc(Cl)nc3c2c1. The monoisotopic (exact) mass is 500 g/mol. The van der Waals surface area contributed by atoms with Crippen LogP contribution in [0.3, 0.4) is 0 Å². The highest BCUT2D eigenvalue weighted by atomic mass is 35.5. The molecule has 1 aliphatic rings. The molecule has 4 heterocycles. The Balaban J connectivity index is 1.67. The molecule has 11 heteroatoms. The Labute approximate surface area is 205 Å². The highest BCUT2D eigenvalue weighted by molar-refractivity contribution is 6.30. The van der Waals surface area contributed by atoms with Crippen molar-refractivity contribution in [1.82, 2.24) is 19.4 Å². The molecule has 0 aliphatic carbocycles. The molecule has 5 rings (SSSR count). The summed E-state index contributed by atoms with van der Waals surface area (Å²) in [7, 11) is 0. The molecule has 1 aliphatic heterocycles. The number of benzene rings is 1. The molecule has 1 saturated heterocycles. The lowest BCUT2D eigenvalue weighted by atomic mass is 10.0. The Morgan fingerprint density at radius 3 is 2.65 bits per heavy atom. The predicted octanol–water partition coefficient (Wildman–Crippen LogP) is 4.60. The lowest BCUT2D eigenvalue weighted by Crippen LogP contribution is -2.38. The fourth-order valence-electron chi connectivity index (χ4n) is 4.29. The fourth-order valence-corrected chi connectivity index (χ4v) is 4.62. The van der Waals surface area contributed by atoms with Crippen molar-refractivity contribution >= 4 is 57.4 Å². The zero-order valence-corrected chi connectivity index (χ0v) is 20.1. The second kappa shape index (κ2) is 8.90. The van der Waals surface area contributed by atoms with Crippen molar-refractivity contribution in [3.8, 4) is 0 Å². The number of nitrogens with zero attached hydrogens (tertiary/aromatic N) is 5. The van der Waals surface area contributed by atoms with Gasteiger partial charge in [-0.25, -0.2) is 19.7 Å². The number of imidazole rings is 1. The molecule has 1 aromatic carbocycles. The molecule has 0 bridgehead atoms. The van der Waals surface area contributed by atoms with E-state index in [9.17, 15) is 9.90 Å². The van der Waals surface area contributed by atoms with Gasteiger partial charge in [-0.15, -0.1) is 0 Å². The van der Waals surface area contributed by atoms with Crippen LogP contribution >= 0.6 is 23.2 Å². The molecular formula is C23H22Cl2N6O3. The lowest BCUT2D eigenvalue weighted by Gasteiger charge is -2.29. The molecule has 0 spiro atoms. The van der Waals surface area contributed by atoms with E-state index in [0.717, 1.165) is 28.0 Å². The number of aromatic carboxylic acids is 1. The van der Waals surface area contributed by atoms with Gasteiger partial charge in [-0.2, -0.15) is 0 Å². The zero-order chi connectivity index (χ0) is 24.0. The molecule has 9 nitrogen and oxygen atoms in total. The number of carbonyl (C=O) groups is 1. The zero-order valence-electron chi connectivity index (χ0n) is 18.5. The summed E-state index contributed by atoms with van der Waals surface area (Å²) in [6.07, 6.45) is 1.77. The quantitative estimate of drug-likeness (QED) is 0.383. The van der Waals surface area contributed by atoms with Crippen molar-refractivity contribution in [1.29, 1.82) is 0 Å². The molecule has 0 saturated carbocycles. The number of anilines is 2.